The van der Waals surface area contributed by atoms with Crippen LogP contribution in [-0.2, 0) is 0 Å². The lowest BCUT2D eigenvalue weighted by atomic mass is 9.95. The summed E-state index contributed by atoms with van der Waals surface area (Å²) in [5.41, 5.74) is 4.04. The van der Waals surface area contributed by atoms with Crippen molar-refractivity contribution < 1.29 is 14.2 Å². The number of ether oxygens (including phenoxy) is 3. The molecular weight excluding hydrogens is 424 g/mol. The van der Waals surface area contributed by atoms with E-state index in [9.17, 15) is 0 Å². The zero-order valence-corrected chi connectivity index (χ0v) is 18.9. The minimum absolute atomic E-state index is 0.0296. The molecule has 3 aromatic carbocycles. The number of hydrogen-bond donors (Lipinski definition) is 0. The van der Waals surface area contributed by atoms with Crippen LogP contribution in [0.1, 0.15) is 49.2 Å². The number of rotatable bonds is 6. The lowest BCUT2D eigenvalue weighted by Crippen LogP contribution is -2.34. The van der Waals surface area contributed by atoms with Crippen molar-refractivity contribution in [2.45, 2.75) is 32.5 Å². The topological polar surface area (TPSA) is 43.3 Å². The van der Waals surface area contributed by atoms with Gasteiger partial charge in [-0.1, -0.05) is 41.9 Å². The average Bonchev–Trinajstić information content (AvgIpc) is 3.26. The van der Waals surface area contributed by atoms with Crippen LogP contribution in [0.4, 0.5) is 0 Å². The Labute approximate surface area is 193 Å². The van der Waals surface area contributed by atoms with Gasteiger partial charge in [-0.05, 0) is 55.8 Å². The van der Waals surface area contributed by atoms with Gasteiger partial charge in [-0.15, -0.1) is 0 Å². The molecule has 0 fully saturated rings. The van der Waals surface area contributed by atoms with E-state index in [0.29, 0.717) is 18.2 Å². The van der Waals surface area contributed by atoms with Gasteiger partial charge in [0.1, 0.15) is 5.75 Å². The van der Waals surface area contributed by atoms with E-state index in [2.05, 4.69) is 18.2 Å². The molecule has 0 bridgehead atoms. The summed E-state index contributed by atoms with van der Waals surface area (Å²) in [4.78, 5) is 0. The van der Waals surface area contributed by atoms with Crippen molar-refractivity contribution in [2.75, 3.05) is 13.2 Å². The Hall–Kier alpha value is -3.18. The summed E-state index contributed by atoms with van der Waals surface area (Å²) in [7, 11) is 0. The zero-order chi connectivity index (χ0) is 22.1. The maximum absolute atomic E-state index is 6.58. The number of hydrazone groups is 1. The highest BCUT2D eigenvalue weighted by Gasteiger charge is 2.42. The van der Waals surface area contributed by atoms with E-state index in [1.165, 1.54) is 0 Å². The Morgan fingerprint density at radius 2 is 1.69 bits per heavy atom. The summed E-state index contributed by atoms with van der Waals surface area (Å²) in [6, 6.07) is 21.9. The van der Waals surface area contributed by atoms with Crippen molar-refractivity contribution in [3.63, 3.8) is 0 Å². The number of nitrogens with zero attached hydrogens (tertiary/aromatic N) is 2. The van der Waals surface area contributed by atoms with Crippen molar-refractivity contribution in [2.24, 2.45) is 5.10 Å². The van der Waals surface area contributed by atoms with E-state index in [1.807, 2.05) is 67.4 Å². The Kier molecular flexibility index (Phi) is 5.66. The summed E-state index contributed by atoms with van der Waals surface area (Å²) in [6.45, 7) is 5.17. The highest BCUT2D eigenvalue weighted by atomic mass is 35.5. The first-order valence-electron chi connectivity index (χ1n) is 11.0. The van der Waals surface area contributed by atoms with Crippen LogP contribution in [0, 0.1) is 0 Å². The van der Waals surface area contributed by atoms with Gasteiger partial charge in [0.25, 0.3) is 0 Å². The highest BCUT2D eigenvalue weighted by molar-refractivity contribution is 6.31. The van der Waals surface area contributed by atoms with Crippen LogP contribution in [0.15, 0.2) is 71.8 Å². The summed E-state index contributed by atoms with van der Waals surface area (Å²) in [6.07, 6.45) is 0.323. The lowest BCUT2D eigenvalue weighted by Gasteiger charge is -2.39. The minimum atomic E-state index is -0.442. The second-order valence-electron chi connectivity index (χ2n) is 7.70. The van der Waals surface area contributed by atoms with Gasteiger partial charge in [-0.25, -0.2) is 5.01 Å². The third-order valence-electron chi connectivity index (χ3n) is 5.75. The van der Waals surface area contributed by atoms with Gasteiger partial charge in [0, 0.05) is 22.6 Å². The molecule has 2 aliphatic rings. The predicted molar refractivity (Wildman–Crippen MR) is 126 cm³/mol. The van der Waals surface area contributed by atoms with Crippen molar-refractivity contribution in [3.8, 4) is 17.2 Å². The largest absolute Gasteiger partial charge is 0.494 e. The fourth-order valence-corrected chi connectivity index (χ4v) is 4.55. The number of fused-ring (bicyclic) bond motifs is 3. The van der Waals surface area contributed by atoms with Gasteiger partial charge in [0.05, 0.1) is 25.0 Å². The van der Waals surface area contributed by atoms with E-state index >= 15 is 0 Å². The van der Waals surface area contributed by atoms with E-state index in [0.717, 1.165) is 46.1 Å². The predicted octanol–water partition coefficient (Wildman–Crippen LogP) is 6.38. The molecule has 0 saturated heterocycles. The van der Waals surface area contributed by atoms with Crippen molar-refractivity contribution in [1.29, 1.82) is 0 Å². The van der Waals surface area contributed by atoms with Crippen LogP contribution in [0.2, 0.25) is 5.02 Å². The molecule has 32 heavy (non-hydrogen) atoms. The van der Waals surface area contributed by atoms with Crippen molar-refractivity contribution in [3.05, 3.63) is 88.4 Å². The number of hydrogen-bond acceptors (Lipinski definition) is 5. The molecule has 0 radical (unpaired) electrons. The van der Waals surface area contributed by atoms with Gasteiger partial charge in [0.15, 0.2) is 11.5 Å². The van der Waals surface area contributed by atoms with Crippen LogP contribution in [-0.4, -0.2) is 23.9 Å². The third-order valence-corrected chi connectivity index (χ3v) is 6.09. The molecule has 2 atom stereocenters. The first-order chi connectivity index (χ1) is 15.7. The molecule has 164 valence electrons. The Bertz CT molecular complexity index is 1150. The molecule has 6 heteroatoms. The van der Waals surface area contributed by atoms with Crippen LogP contribution in [0.3, 0.4) is 0 Å². The van der Waals surface area contributed by atoms with Gasteiger partial charge in [0.2, 0.25) is 6.23 Å². The normalized spacial score (nSPS) is 19.0. The van der Waals surface area contributed by atoms with Gasteiger partial charge in [-0.2, -0.15) is 5.10 Å². The van der Waals surface area contributed by atoms with Gasteiger partial charge < -0.3 is 14.2 Å². The van der Waals surface area contributed by atoms with Crippen LogP contribution < -0.4 is 14.2 Å². The SMILES string of the molecule is CCOc1ccc(C2=NN3[C@H](C2)c2cccc(OCC)c2O[C@H]3c2ccccc2Cl)cc1. The quantitative estimate of drug-likeness (QED) is 0.439. The lowest BCUT2D eigenvalue weighted by molar-refractivity contribution is -0.0211. The summed E-state index contributed by atoms with van der Waals surface area (Å²) in [5, 5.41) is 7.70. The van der Waals surface area contributed by atoms with Gasteiger partial charge in [-0.3, -0.25) is 0 Å². The molecule has 0 amide bonds. The Morgan fingerprint density at radius 3 is 2.44 bits per heavy atom. The molecule has 5 nitrogen and oxygen atoms in total. The van der Waals surface area contributed by atoms with E-state index in [4.69, 9.17) is 30.9 Å². The first-order valence-corrected chi connectivity index (χ1v) is 11.3. The maximum atomic E-state index is 6.58. The molecule has 5 rings (SSSR count). The smallest absolute Gasteiger partial charge is 0.215 e. The summed E-state index contributed by atoms with van der Waals surface area (Å²) >= 11 is 6.58. The van der Waals surface area contributed by atoms with Crippen LogP contribution in [0.5, 0.6) is 17.2 Å². The molecule has 0 saturated carbocycles. The minimum Gasteiger partial charge on any atom is -0.494 e. The second-order valence-corrected chi connectivity index (χ2v) is 8.11. The number of para-hydroxylation sites is 1. The van der Waals surface area contributed by atoms with Crippen molar-refractivity contribution >= 4 is 17.3 Å². The second kappa shape index (κ2) is 8.75. The zero-order valence-electron chi connectivity index (χ0n) is 18.1. The van der Waals surface area contributed by atoms with Crippen molar-refractivity contribution in [1.82, 2.24) is 5.01 Å². The highest BCUT2D eigenvalue weighted by Crippen LogP contribution is 2.51. The van der Waals surface area contributed by atoms with E-state index < -0.39 is 6.23 Å². The molecule has 0 N–H and O–H groups in total. The fraction of sp³-hybridized carbons (Fsp3) is 0.269. The van der Waals surface area contributed by atoms with Crippen LogP contribution >= 0.6 is 11.6 Å². The summed E-state index contributed by atoms with van der Waals surface area (Å²) in [5.74, 6) is 2.37. The molecular formula is C26H25ClN2O3. The van der Waals surface area contributed by atoms with Crippen LogP contribution in [0.25, 0.3) is 0 Å². The molecule has 0 aliphatic carbocycles. The molecule has 0 spiro atoms. The maximum Gasteiger partial charge on any atom is 0.215 e. The van der Waals surface area contributed by atoms with E-state index in [1.54, 1.807) is 0 Å². The molecule has 2 aliphatic heterocycles. The average molecular weight is 449 g/mol. The molecule has 0 aromatic heterocycles. The number of halogens is 1. The fourth-order valence-electron chi connectivity index (χ4n) is 4.32. The monoisotopic (exact) mass is 448 g/mol. The summed E-state index contributed by atoms with van der Waals surface area (Å²) < 4.78 is 18.0. The van der Waals surface area contributed by atoms with Gasteiger partial charge >= 0.3 is 0 Å². The first kappa shape index (κ1) is 20.7. The van der Waals surface area contributed by atoms with E-state index in [-0.39, 0.29) is 6.04 Å². The third kappa shape index (κ3) is 3.67. The molecule has 2 heterocycles. The Morgan fingerprint density at radius 1 is 0.938 bits per heavy atom. The number of benzene rings is 3. The Balaban J connectivity index is 1.57. The standard InChI is InChI=1S/C26H25ClN2O3/c1-3-30-18-14-12-17(13-15-18)22-16-23-20-9-7-11-24(31-4-2)25(20)32-26(29(23)28-22)19-8-5-6-10-21(19)27/h5-15,23,26H,3-4,16H2,1-2H3/t23-,26+/m1/s1. The molecule has 0 unspecified atom stereocenters. The molecule has 3 aromatic rings.